The van der Waals surface area contributed by atoms with E-state index in [1.54, 1.807) is 0 Å². The molecule has 0 aromatic heterocycles. The highest BCUT2D eigenvalue weighted by molar-refractivity contribution is 7.99. The zero-order valence-electron chi connectivity index (χ0n) is 10.5. The second kappa shape index (κ2) is 6.48. The highest BCUT2D eigenvalue weighted by Gasteiger charge is 2.41. The van der Waals surface area contributed by atoms with E-state index in [0.717, 1.165) is 37.6 Å². The number of nitrogens with zero attached hydrogens (tertiary/aromatic N) is 1. The molecule has 18 heavy (non-hydrogen) atoms. The number of hydrogen-bond acceptors (Lipinski definition) is 3. The van der Waals surface area contributed by atoms with Gasteiger partial charge in [0.05, 0.1) is 5.92 Å². The maximum Gasteiger partial charge on any atom is 0.393 e. The molecule has 106 valence electrons. The Balaban J connectivity index is 1.72. The third-order valence-electron chi connectivity index (χ3n) is 3.76. The van der Waals surface area contributed by atoms with Crippen LogP contribution in [0.4, 0.5) is 13.2 Å². The maximum absolute atomic E-state index is 12.7. The minimum Gasteiger partial charge on any atom is -0.312 e. The van der Waals surface area contributed by atoms with Crippen molar-refractivity contribution in [1.82, 2.24) is 10.2 Å². The van der Waals surface area contributed by atoms with Crippen molar-refractivity contribution in [3.8, 4) is 0 Å². The van der Waals surface area contributed by atoms with Gasteiger partial charge < -0.3 is 10.2 Å². The van der Waals surface area contributed by atoms with E-state index in [1.165, 1.54) is 0 Å². The Bertz CT molecular complexity index is 254. The van der Waals surface area contributed by atoms with Gasteiger partial charge >= 0.3 is 6.18 Å². The van der Waals surface area contributed by atoms with E-state index < -0.39 is 12.1 Å². The van der Waals surface area contributed by atoms with Crippen molar-refractivity contribution in [2.24, 2.45) is 5.92 Å². The molecular formula is C12H21F3N2S. The third-order valence-corrected chi connectivity index (χ3v) is 4.89. The van der Waals surface area contributed by atoms with Gasteiger partial charge in [-0.25, -0.2) is 0 Å². The largest absolute Gasteiger partial charge is 0.393 e. The van der Waals surface area contributed by atoms with Crippen LogP contribution in [0.15, 0.2) is 0 Å². The lowest BCUT2D eigenvalue weighted by Gasteiger charge is -2.35. The molecule has 0 aromatic carbocycles. The molecule has 2 atom stereocenters. The highest BCUT2D eigenvalue weighted by atomic mass is 32.2. The summed E-state index contributed by atoms with van der Waals surface area (Å²) in [6.07, 6.45) is -2.07. The normalized spacial score (nSPS) is 31.5. The highest BCUT2D eigenvalue weighted by Crippen LogP contribution is 2.33. The lowest BCUT2D eigenvalue weighted by atomic mass is 9.97. The van der Waals surface area contributed by atoms with E-state index in [4.69, 9.17) is 0 Å². The van der Waals surface area contributed by atoms with Crippen LogP contribution in [0.1, 0.15) is 19.3 Å². The van der Waals surface area contributed by atoms with Crippen LogP contribution in [0.3, 0.4) is 0 Å². The average Bonchev–Trinajstić information content (AvgIpc) is 2.37. The van der Waals surface area contributed by atoms with E-state index in [0.29, 0.717) is 18.9 Å². The molecule has 2 unspecified atom stereocenters. The van der Waals surface area contributed by atoms with Crippen LogP contribution in [-0.4, -0.2) is 54.8 Å². The number of likely N-dealkylation sites (tertiary alicyclic amines) is 1. The van der Waals surface area contributed by atoms with Gasteiger partial charge in [-0.15, -0.1) is 0 Å². The van der Waals surface area contributed by atoms with Gasteiger partial charge in [-0.05, 0) is 32.4 Å². The quantitative estimate of drug-likeness (QED) is 0.855. The molecule has 0 bridgehead atoms. The zero-order valence-corrected chi connectivity index (χ0v) is 11.3. The van der Waals surface area contributed by atoms with Crippen molar-refractivity contribution in [3.05, 3.63) is 0 Å². The fraction of sp³-hybridized carbons (Fsp3) is 1.00. The van der Waals surface area contributed by atoms with Crippen LogP contribution in [0, 0.1) is 5.92 Å². The first-order chi connectivity index (χ1) is 8.55. The second-order valence-electron chi connectivity index (χ2n) is 5.20. The summed E-state index contributed by atoms with van der Waals surface area (Å²) in [6.45, 7) is 2.85. The van der Waals surface area contributed by atoms with Crippen molar-refractivity contribution in [1.29, 1.82) is 0 Å². The van der Waals surface area contributed by atoms with Gasteiger partial charge in [0.2, 0.25) is 0 Å². The van der Waals surface area contributed by atoms with Crippen LogP contribution >= 0.6 is 11.8 Å². The number of nitrogens with one attached hydrogen (secondary N) is 1. The summed E-state index contributed by atoms with van der Waals surface area (Å²) in [6, 6.07) is 0.481. The molecule has 2 fully saturated rings. The van der Waals surface area contributed by atoms with Gasteiger partial charge in [0.25, 0.3) is 0 Å². The average molecular weight is 282 g/mol. The molecule has 2 saturated heterocycles. The molecule has 0 radical (unpaired) electrons. The van der Waals surface area contributed by atoms with Crippen molar-refractivity contribution in [2.75, 3.05) is 37.7 Å². The smallest absolute Gasteiger partial charge is 0.312 e. The summed E-state index contributed by atoms with van der Waals surface area (Å²) in [4.78, 5) is 1.99. The number of halogens is 3. The molecule has 0 aliphatic carbocycles. The lowest BCUT2D eigenvalue weighted by molar-refractivity contribution is -0.186. The van der Waals surface area contributed by atoms with Gasteiger partial charge in [-0.2, -0.15) is 24.9 Å². The van der Waals surface area contributed by atoms with Crippen molar-refractivity contribution >= 4 is 11.8 Å². The van der Waals surface area contributed by atoms with Gasteiger partial charge in [-0.1, -0.05) is 0 Å². The Hall–Kier alpha value is 0.0600. The topological polar surface area (TPSA) is 15.3 Å². The van der Waals surface area contributed by atoms with Gasteiger partial charge in [-0.3, -0.25) is 0 Å². The molecule has 2 nitrogen and oxygen atoms in total. The molecule has 0 aromatic rings. The predicted octanol–water partition coefficient (Wildman–Crippen LogP) is 2.36. The Morgan fingerprint density at radius 2 is 2.17 bits per heavy atom. The summed E-state index contributed by atoms with van der Waals surface area (Å²) >= 11 is 1.93. The van der Waals surface area contributed by atoms with Gasteiger partial charge in [0.1, 0.15) is 0 Å². The van der Waals surface area contributed by atoms with Gasteiger partial charge in [0.15, 0.2) is 0 Å². The first-order valence-corrected chi connectivity index (χ1v) is 7.81. The van der Waals surface area contributed by atoms with Crippen LogP contribution in [0.25, 0.3) is 0 Å². The lowest BCUT2D eigenvalue weighted by Crippen LogP contribution is -2.45. The standard InChI is InChI=1S/C12H21F3N2S/c13-12(14,15)10-2-1-5-17(8-10)6-3-11-9-18-7-4-16-11/h10-11,16H,1-9H2. The fourth-order valence-corrected chi connectivity index (χ4v) is 3.67. The second-order valence-corrected chi connectivity index (χ2v) is 6.35. The number of thioether (sulfide) groups is 1. The van der Waals surface area contributed by atoms with Crippen LogP contribution in [0.2, 0.25) is 0 Å². The molecular weight excluding hydrogens is 261 g/mol. The van der Waals surface area contributed by atoms with Crippen molar-refractivity contribution < 1.29 is 13.2 Å². The fourth-order valence-electron chi connectivity index (χ4n) is 2.67. The Morgan fingerprint density at radius 1 is 1.33 bits per heavy atom. The van der Waals surface area contributed by atoms with Crippen LogP contribution in [-0.2, 0) is 0 Å². The summed E-state index contributed by atoms with van der Waals surface area (Å²) in [5.74, 6) is 1.13. The molecule has 2 heterocycles. The monoisotopic (exact) mass is 282 g/mol. The summed E-state index contributed by atoms with van der Waals surface area (Å²) in [7, 11) is 0. The minimum absolute atomic E-state index is 0.198. The summed E-state index contributed by atoms with van der Waals surface area (Å²) in [5.41, 5.74) is 0. The Morgan fingerprint density at radius 3 is 2.83 bits per heavy atom. The van der Waals surface area contributed by atoms with E-state index in [-0.39, 0.29) is 6.54 Å². The molecule has 0 saturated carbocycles. The molecule has 0 spiro atoms. The van der Waals surface area contributed by atoms with E-state index >= 15 is 0 Å². The number of piperidine rings is 1. The minimum atomic E-state index is -4.02. The van der Waals surface area contributed by atoms with E-state index in [9.17, 15) is 13.2 Å². The van der Waals surface area contributed by atoms with Crippen LogP contribution in [0.5, 0.6) is 0 Å². The van der Waals surface area contributed by atoms with E-state index in [1.807, 2.05) is 16.7 Å². The summed E-state index contributed by atoms with van der Waals surface area (Å²) in [5, 5.41) is 3.43. The maximum atomic E-state index is 12.7. The first kappa shape index (κ1) is 14.5. The SMILES string of the molecule is FC(F)(F)C1CCCN(CCC2CSCCN2)C1. The number of alkyl halides is 3. The molecule has 2 aliphatic heterocycles. The van der Waals surface area contributed by atoms with Crippen molar-refractivity contribution in [2.45, 2.75) is 31.5 Å². The number of hydrogen-bond donors (Lipinski definition) is 1. The zero-order chi connectivity index (χ0) is 13.0. The predicted molar refractivity (Wildman–Crippen MR) is 69.0 cm³/mol. The van der Waals surface area contributed by atoms with Crippen LogP contribution < -0.4 is 5.32 Å². The van der Waals surface area contributed by atoms with Gasteiger partial charge in [0, 0.05) is 30.6 Å². The Kier molecular flexibility index (Phi) is 5.21. The molecule has 2 rings (SSSR count). The van der Waals surface area contributed by atoms with E-state index in [2.05, 4.69) is 5.32 Å². The van der Waals surface area contributed by atoms with Crippen molar-refractivity contribution in [3.63, 3.8) is 0 Å². The third kappa shape index (κ3) is 4.31. The molecule has 2 aliphatic rings. The Labute approximate surface area is 111 Å². The molecule has 6 heteroatoms. The first-order valence-electron chi connectivity index (χ1n) is 6.66. The molecule has 1 N–H and O–H groups in total. The number of rotatable bonds is 3. The molecule has 0 amide bonds. The summed E-state index contributed by atoms with van der Waals surface area (Å²) < 4.78 is 38.0.